The molecule has 1 heterocycles. The molecule has 1 aliphatic rings. The number of nitrogens with zero attached hydrogens (tertiary/aromatic N) is 2. The van der Waals surface area contributed by atoms with Gasteiger partial charge in [-0.05, 0) is 43.7 Å². The summed E-state index contributed by atoms with van der Waals surface area (Å²) in [6.07, 6.45) is 4.32. The lowest BCUT2D eigenvalue weighted by atomic mass is 10.1. The highest BCUT2D eigenvalue weighted by molar-refractivity contribution is 5.94. The molecule has 4 heteroatoms. The third-order valence-corrected chi connectivity index (χ3v) is 4.78. The fourth-order valence-corrected chi connectivity index (χ4v) is 3.14. The zero-order valence-corrected chi connectivity index (χ0v) is 17.1. The predicted octanol–water partition coefficient (Wildman–Crippen LogP) is 3.28. The molecule has 2 aromatic rings. The van der Waals surface area contributed by atoms with Crippen molar-refractivity contribution in [2.75, 3.05) is 32.7 Å². The zero-order valence-electron chi connectivity index (χ0n) is 17.1. The molecule has 0 bridgehead atoms. The van der Waals surface area contributed by atoms with Crippen molar-refractivity contribution in [3.63, 3.8) is 0 Å². The van der Waals surface area contributed by atoms with Crippen molar-refractivity contribution in [1.29, 1.82) is 0 Å². The quantitative estimate of drug-likeness (QED) is 0.818. The number of benzene rings is 2. The van der Waals surface area contributed by atoms with E-state index in [1.807, 2.05) is 47.4 Å². The average Bonchev–Trinajstić information content (AvgIpc) is 2.73. The molecule has 1 N–H and O–H groups in total. The first-order valence-corrected chi connectivity index (χ1v) is 9.99. The van der Waals surface area contributed by atoms with Gasteiger partial charge in [-0.25, -0.2) is 0 Å². The lowest BCUT2D eigenvalue weighted by Gasteiger charge is -2.34. The number of rotatable bonds is 4. The summed E-state index contributed by atoms with van der Waals surface area (Å²) >= 11 is 0. The van der Waals surface area contributed by atoms with Crippen LogP contribution >= 0.6 is 0 Å². The molecule has 0 aromatic heterocycles. The topological polar surface area (TPSA) is 43.8 Å². The number of aliphatic hydroxyl groups is 1. The van der Waals surface area contributed by atoms with E-state index in [-0.39, 0.29) is 5.91 Å². The molecule has 150 valence electrons. The molecule has 2 aromatic carbocycles. The predicted molar refractivity (Wildman–Crippen MR) is 117 cm³/mol. The van der Waals surface area contributed by atoms with E-state index in [0.29, 0.717) is 5.56 Å². The second-order valence-electron chi connectivity index (χ2n) is 7.79. The van der Waals surface area contributed by atoms with Gasteiger partial charge in [0.1, 0.15) is 5.60 Å². The smallest absolute Gasteiger partial charge is 0.253 e. The van der Waals surface area contributed by atoms with E-state index in [1.165, 1.54) is 5.56 Å². The second-order valence-corrected chi connectivity index (χ2v) is 7.79. The fourth-order valence-electron chi connectivity index (χ4n) is 3.14. The Morgan fingerprint density at radius 2 is 1.69 bits per heavy atom. The molecule has 4 nitrogen and oxygen atoms in total. The average molecular weight is 389 g/mol. The van der Waals surface area contributed by atoms with E-state index < -0.39 is 5.60 Å². The first kappa shape index (κ1) is 20.9. The standard InChI is InChI=1S/C25H28N2O2/c1-25(2,29)15-14-22-10-12-23(13-11-22)24(28)27-19-17-26(18-20-27)16-6-9-21-7-4-3-5-8-21/h3-13,29H,16-20H2,1-2H3/b9-6+. The van der Waals surface area contributed by atoms with Crippen molar-refractivity contribution < 1.29 is 9.90 Å². The lowest BCUT2D eigenvalue weighted by Crippen LogP contribution is -2.48. The van der Waals surface area contributed by atoms with Gasteiger partial charge in [-0.2, -0.15) is 0 Å². The molecule has 0 radical (unpaired) electrons. The Balaban J connectivity index is 1.49. The molecule has 1 aliphatic heterocycles. The van der Waals surface area contributed by atoms with Crippen LogP contribution in [0.1, 0.15) is 35.3 Å². The Morgan fingerprint density at radius 1 is 1.03 bits per heavy atom. The Morgan fingerprint density at radius 3 is 2.31 bits per heavy atom. The zero-order chi connectivity index (χ0) is 20.7. The maximum absolute atomic E-state index is 12.8. The molecule has 0 spiro atoms. The van der Waals surface area contributed by atoms with Crippen LogP contribution in [0, 0.1) is 11.8 Å². The molecule has 0 atom stereocenters. The molecule has 29 heavy (non-hydrogen) atoms. The van der Waals surface area contributed by atoms with Crippen LogP contribution in [0.5, 0.6) is 0 Å². The van der Waals surface area contributed by atoms with Gasteiger partial charge in [0, 0.05) is 43.9 Å². The van der Waals surface area contributed by atoms with E-state index in [4.69, 9.17) is 0 Å². The van der Waals surface area contributed by atoms with Crippen LogP contribution in [0.15, 0.2) is 60.7 Å². The first-order valence-electron chi connectivity index (χ1n) is 9.99. The largest absolute Gasteiger partial charge is 0.378 e. The van der Waals surface area contributed by atoms with Crippen molar-refractivity contribution in [1.82, 2.24) is 9.80 Å². The monoisotopic (exact) mass is 388 g/mol. The Hall–Kier alpha value is -2.87. The lowest BCUT2D eigenvalue weighted by molar-refractivity contribution is 0.0650. The summed E-state index contributed by atoms with van der Waals surface area (Å²) in [6, 6.07) is 17.6. The van der Waals surface area contributed by atoms with Gasteiger partial charge < -0.3 is 10.0 Å². The molecular formula is C25H28N2O2. The molecule has 3 rings (SSSR count). The van der Waals surface area contributed by atoms with Crippen LogP contribution in [0.25, 0.3) is 6.08 Å². The highest BCUT2D eigenvalue weighted by Crippen LogP contribution is 2.11. The minimum atomic E-state index is -1.02. The molecule has 0 aliphatic carbocycles. The number of piperazine rings is 1. The van der Waals surface area contributed by atoms with Crippen LogP contribution in [0.4, 0.5) is 0 Å². The third-order valence-electron chi connectivity index (χ3n) is 4.78. The normalized spacial score (nSPS) is 15.2. The number of amides is 1. The number of carbonyl (C=O) groups is 1. The van der Waals surface area contributed by atoms with Crippen molar-refractivity contribution >= 4 is 12.0 Å². The van der Waals surface area contributed by atoms with Crippen LogP contribution in [-0.2, 0) is 0 Å². The Kier molecular flexibility index (Phi) is 6.87. The van der Waals surface area contributed by atoms with Crippen LogP contribution < -0.4 is 0 Å². The van der Waals surface area contributed by atoms with Gasteiger partial charge in [-0.1, -0.05) is 54.3 Å². The van der Waals surface area contributed by atoms with Gasteiger partial charge in [-0.15, -0.1) is 0 Å². The highest BCUT2D eigenvalue weighted by Gasteiger charge is 2.21. The molecule has 0 saturated carbocycles. The molecule has 1 saturated heterocycles. The molecular weight excluding hydrogens is 360 g/mol. The second kappa shape index (κ2) is 9.56. The van der Waals surface area contributed by atoms with Crippen LogP contribution in [0.2, 0.25) is 0 Å². The maximum Gasteiger partial charge on any atom is 0.253 e. The van der Waals surface area contributed by atoms with E-state index in [9.17, 15) is 9.90 Å². The molecule has 0 unspecified atom stereocenters. The SMILES string of the molecule is CC(C)(O)C#Cc1ccc(C(=O)N2CCN(C/C=C/c3ccccc3)CC2)cc1. The van der Waals surface area contributed by atoms with Crippen LogP contribution in [0.3, 0.4) is 0 Å². The number of carbonyl (C=O) groups excluding carboxylic acids is 1. The summed E-state index contributed by atoms with van der Waals surface area (Å²) in [4.78, 5) is 17.0. The van der Waals surface area contributed by atoms with Gasteiger partial charge in [0.15, 0.2) is 0 Å². The maximum atomic E-state index is 12.8. The van der Waals surface area contributed by atoms with E-state index in [2.05, 4.69) is 41.0 Å². The summed E-state index contributed by atoms with van der Waals surface area (Å²) in [6.45, 7) is 7.41. The third kappa shape index (κ3) is 6.60. The van der Waals surface area contributed by atoms with E-state index in [1.54, 1.807) is 13.8 Å². The number of hydrogen-bond donors (Lipinski definition) is 1. The molecule has 1 fully saturated rings. The summed E-state index contributed by atoms with van der Waals surface area (Å²) in [5.41, 5.74) is 1.65. The van der Waals surface area contributed by atoms with Gasteiger partial charge in [0.25, 0.3) is 5.91 Å². The summed E-state index contributed by atoms with van der Waals surface area (Å²) in [7, 11) is 0. The minimum absolute atomic E-state index is 0.0616. The van der Waals surface area contributed by atoms with Gasteiger partial charge in [-0.3, -0.25) is 9.69 Å². The summed E-state index contributed by atoms with van der Waals surface area (Å²) < 4.78 is 0. The Labute approximate surface area is 173 Å². The highest BCUT2D eigenvalue weighted by atomic mass is 16.3. The summed E-state index contributed by atoms with van der Waals surface area (Å²) in [5.74, 6) is 5.77. The molecule has 1 amide bonds. The van der Waals surface area contributed by atoms with Crippen molar-refractivity contribution in [3.05, 3.63) is 77.4 Å². The summed E-state index contributed by atoms with van der Waals surface area (Å²) in [5, 5.41) is 9.68. The van der Waals surface area contributed by atoms with Crippen molar-refractivity contribution in [3.8, 4) is 11.8 Å². The number of hydrogen-bond acceptors (Lipinski definition) is 3. The Bertz CT molecular complexity index is 892. The van der Waals surface area contributed by atoms with Gasteiger partial charge in [0.2, 0.25) is 0 Å². The first-order chi connectivity index (χ1) is 13.9. The van der Waals surface area contributed by atoms with E-state index >= 15 is 0 Å². The van der Waals surface area contributed by atoms with Crippen molar-refractivity contribution in [2.24, 2.45) is 0 Å². The fraction of sp³-hybridized carbons (Fsp3) is 0.320. The van der Waals surface area contributed by atoms with E-state index in [0.717, 1.165) is 38.3 Å². The van der Waals surface area contributed by atoms with Crippen LogP contribution in [-0.4, -0.2) is 59.1 Å². The van der Waals surface area contributed by atoms with Gasteiger partial charge in [0.05, 0.1) is 0 Å². The van der Waals surface area contributed by atoms with Gasteiger partial charge >= 0.3 is 0 Å². The minimum Gasteiger partial charge on any atom is -0.378 e. The van der Waals surface area contributed by atoms with Crippen molar-refractivity contribution in [2.45, 2.75) is 19.4 Å².